The SMILES string of the molecule is Cc1ccc(COCc2ccc3c(c2)CNCCO3)cc1.Cl. The maximum absolute atomic E-state index is 5.81. The van der Waals surface area contributed by atoms with Gasteiger partial charge < -0.3 is 14.8 Å². The van der Waals surface area contributed by atoms with Crippen molar-refractivity contribution in [2.75, 3.05) is 13.2 Å². The predicted octanol–water partition coefficient (Wildman–Crippen LogP) is 3.62. The summed E-state index contributed by atoms with van der Waals surface area (Å²) in [5, 5.41) is 3.35. The second-order valence-electron chi connectivity index (χ2n) is 5.45. The molecule has 0 fully saturated rings. The monoisotopic (exact) mass is 319 g/mol. The molecule has 2 aromatic carbocycles. The van der Waals surface area contributed by atoms with Crippen LogP contribution >= 0.6 is 12.4 Å². The van der Waals surface area contributed by atoms with Crippen LogP contribution < -0.4 is 10.1 Å². The lowest BCUT2D eigenvalue weighted by molar-refractivity contribution is 0.107. The zero-order chi connectivity index (χ0) is 14.5. The average Bonchev–Trinajstić information content (AvgIpc) is 2.74. The zero-order valence-electron chi connectivity index (χ0n) is 12.8. The smallest absolute Gasteiger partial charge is 0.123 e. The van der Waals surface area contributed by atoms with Gasteiger partial charge in [0.1, 0.15) is 12.4 Å². The van der Waals surface area contributed by atoms with E-state index in [0.717, 1.165) is 25.4 Å². The molecule has 1 N–H and O–H groups in total. The van der Waals surface area contributed by atoms with Crippen LogP contribution in [0, 0.1) is 6.92 Å². The van der Waals surface area contributed by atoms with E-state index >= 15 is 0 Å². The van der Waals surface area contributed by atoms with Crippen LogP contribution in [0.3, 0.4) is 0 Å². The lowest BCUT2D eigenvalue weighted by Crippen LogP contribution is -2.16. The number of nitrogens with one attached hydrogen (secondary N) is 1. The molecule has 22 heavy (non-hydrogen) atoms. The van der Waals surface area contributed by atoms with Gasteiger partial charge in [0.25, 0.3) is 0 Å². The fraction of sp³-hybridized carbons (Fsp3) is 0.333. The molecular formula is C18H22ClNO2. The summed E-state index contributed by atoms with van der Waals surface area (Å²) >= 11 is 0. The quantitative estimate of drug-likeness (QED) is 0.933. The van der Waals surface area contributed by atoms with Gasteiger partial charge in [-0.3, -0.25) is 0 Å². The summed E-state index contributed by atoms with van der Waals surface area (Å²) in [6, 6.07) is 14.8. The lowest BCUT2D eigenvalue weighted by atomic mass is 10.1. The van der Waals surface area contributed by atoms with Crippen LogP contribution in [-0.4, -0.2) is 13.2 Å². The minimum Gasteiger partial charge on any atom is -0.492 e. The Bertz CT molecular complexity index is 599. The third kappa shape index (κ3) is 4.47. The third-order valence-electron chi connectivity index (χ3n) is 3.63. The minimum absolute atomic E-state index is 0. The Morgan fingerprint density at radius 2 is 1.77 bits per heavy atom. The van der Waals surface area contributed by atoms with Crippen molar-refractivity contribution in [2.45, 2.75) is 26.7 Å². The molecule has 0 radical (unpaired) electrons. The minimum atomic E-state index is 0. The van der Waals surface area contributed by atoms with E-state index in [4.69, 9.17) is 9.47 Å². The molecule has 2 aromatic rings. The summed E-state index contributed by atoms with van der Waals surface area (Å²) in [5.41, 5.74) is 4.88. The summed E-state index contributed by atoms with van der Waals surface area (Å²) in [7, 11) is 0. The van der Waals surface area contributed by atoms with Crippen molar-refractivity contribution in [1.82, 2.24) is 5.32 Å². The molecule has 0 spiro atoms. The standard InChI is InChI=1S/C18H21NO2.ClH/c1-14-2-4-15(5-3-14)12-20-13-16-6-7-18-17(10-16)11-19-8-9-21-18;/h2-7,10,19H,8-9,11-13H2,1H3;1H. The Hall–Kier alpha value is -1.55. The molecule has 3 nitrogen and oxygen atoms in total. The Morgan fingerprint density at radius 1 is 1.05 bits per heavy atom. The van der Waals surface area contributed by atoms with Crippen LogP contribution in [0.4, 0.5) is 0 Å². The van der Waals surface area contributed by atoms with Crippen molar-refractivity contribution in [3.05, 3.63) is 64.7 Å². The van der Waals surface area contributed by atoms with Gasteiger partial charge in [-0.05, 0) is 30.2 Å². The first kappa shape index (κ1) is 16.8. The highest BCUT2D eigenvalue weighted by Gasteiger charge is 2.08. The first-order chi connectivity index (χ1) is 10.3. The molecule has 1 aliphatic heterocycles. The van der Waals surface area contributed by atoms with Crippen LogP contribution in [0.15, 0.2) is 42.5 Å². The fourth-order valence-electron chi connectivity index (χ4n) is 2.43. The van der Waals surface area contributed by atoms with Crippen LogP contribution in [0.2, 0.25) is 0 Å². The summed E-state index contributed by atoms with van der Waals surface area (Å²) in [5.74, 6) is 0.988. The van der Waals surface area contributed by atoms with Gasteiger partial charge in [-0.2, -0.15) is 0 Å². The Kier molecular flexibility index (Phi) is 6.25. The molecule has 4 heteroatoms. The molecule has 0 amide bonds. The lowest BCUT2D eigenvalue weighted by Gasteiger charge is -2.10. The number of fused-ring (bicyclic) bond motifs is 1. The Labute approximate surface area is 138 Å². The van der Waals surface area contributed by atoms with E-state index in [-0.39, 0.29) is 12.4 Å². The van der Waals surface area contributed by atoms with Crippen molar-refractivity contribution in [1.29, 1.82) is 0 Å². The van der Waals surface area contributed by atoms with E-state index in [1.54, 1.807) is 0 Å². The number of ether oxygens (including phenoxy) is 2. The van der Waals surface area contributed by atoms with E-state index in [0.29, 0.717) is 13.2 Å². The molecule has 1 aliphatic rings. The predicted molar refractivity (Wildman–Crippen MR) is 90.6 cm³/mol. The number of hydrogen-bond donors (Lipinski definition) is 1. The van der Waals surface area contributed by atoms with Gasteiger partial charge in [0.15, 0.2) is 0 Å². The fourth-order valence-corrected chi connectivity index (χ4v) is 2.43. The van der Waals surface area contributed by atoms with Gasteiger partial charge >= 0.3 is 0 Å². The van der Waals surface area contributed by atoms with E-state index in [2.05, 4.69) is 48.6 Å². The van der Waals surface area contributed by atoms with Crippen molar-refractivity contribution >= 4 is 12.4 Å². The number of aryl methyl sites for hydroxylation is 1. The van der Waals surface area contributed by atoms with Crippen LogP contribution in [0.1, 0.15) is 22.3 Å². The van der Waals surface area contributed by atoms with Crippen LogP contribution in [-0.2, 0) is 24.5 Å². The van der Waals surface area contributed by atoms with Crippen molar-refractivity contribution in [3.63, 3.8) is 0 Å². The highest BCUT2D eigenvalue weighted by Crippen LogP contribution is 2.22. The average molecular weight is 320 g/mol. The van der Waals surface area contributed by atoms with Gasteiger partial charge in [-0.1, -0.05) is 35.9 Å². The van der Waals surface area contributed by atoms with Gasteiger partial charge in [-0.15, -0.1) is 12.4 Å². The zero-order valence-corrected chi connectivity index (χ0v) is 13.6. The molecule has 3 rings (SSSR count). The second kappa shape index (κ2) is 8.18. The highest BCUT2D eigenvalue weighted by atomic mass is 35.5. The number of halogens is 1. The summed E-state index contributed by atoms with van der Waals surface area (Å²) in [6.07, 6.45) is 0. The molecule has 118 valence electrons. The van der Waals surface area contributed by atoms with E-state index < -0.39 is 0 Å². The molecule has 0 unspecified atom stereocenters. The summed E-state index contributed by atoms with van der Waals surface area (Å²) < 4.78 is 11.5. The van der Waals surface area contributed by atoms with Crippen molar-refractivity contribution in [3.8, 4) is 5.75 Å². The molecule has 1 heterocycles. The van der Waals surface area contributed by atoms with Gasteiger partial charge in [0, 0.05) is 18.7 Å². The topological polar surface area (TPSA) is 30.5 Å². The first-order valence-corrected chi connectivity index (χ1v) is 7.40. The summed E-state index contributed by atoms with van der Waals surface area (Å²) in [4.78, 5) is 0. The molecule has 0 aliphatic carbocycles. The van der Waals surface area contributed by atoms with E-state index in [1.165, 1.54) is 22.3 Å². The Balaban J connectivity index is 0.00000176. The third-order valence-corrected chi connectivity index (χ3v) is 3.63. The largest absolute Gasteiger partial charge is 0.492 e. The number of benzene rings is 2. The first-order valence-electron chi connectivity index (χ1n) is 7.40. The number of rotatable bonds is 4. The normalized spacial score (nSPS) is 13.5. The summed E-state index contributed by atoms with van der Waals surface area (Å²) in [6.45, 7) is 5.86. The van der Waals surface area contributed by atoms with Gasteiger partial charge in [0.2, 0.25) is 0 Å². The maximum atomic E-state index is 5.81. The van der Waals surface area contributed by atoms with E-state index in [1.807, 2.05) is 6.07 Å². The van der Waals surface area contributed by atoms with Crippen molar-refractivity contribution < 1.29 is 9.47 Å². The van der Waals surface area contributed by atoms with Gasteiger partial charge in [0.05, 0.1) is 13.2 Å². The van der Waals surface area contributed by atoms with Gasteiger partial charge in [-0.25, -0.2) is 0 Å². The highest BCUT2D eigenvalue weighted by molar-refractivity contribution is 5.85. The molecule has 0 saturated carbocycles. The molecule has 0 atom stereocenters. The Morgan fingerprint density at radius 3 is 2.59 bits per heavy atom. The van der Waals surface area contributed by atoms with E-state index in [9.17, 15) is 0 Å². The maximum Gasteiger partial charge on any atom is 0.123 e. The second-order valence-corrected chi connectivity index (χ2v) is 5.45. The van der Waals surface area contributed by atoms with Crippen LogP contribution in [0.5, 0.6) is 5.75 Å². The van der Waals surface area contributed by atoms with Crippen molar-refractivity contribution in [2.24, 2.45) is 0 Å². The molecule has 0 bridgehead atoms. The molecule has 0 saturated heterocycles. The number of hydrogen-bond acceptors (Lipinski definition) is 3. The van der Waals surface area contributed by atoms with Crippen LogP contribution in [0.25, 0.3) is 0 Å². The molecular weight excluding hydrogens is 298 g/mol. The molecule has 0 aromatic heterocycles.